The lowest BCUT2D eigenvalue weighted by Gasteiger charge is -2.09. The first-order valence-corrected chi connectivity index (χ1v) is 4.07. The number of carbonyl (C=O) groups excluding carboxylic acids is 1. The fourth-order valence-corrected chi connectivity index (χ4v) is 1.00. The number of hydrogen-bond acceptors (Lipinski definition) is 2. The van der Waals surface area contributed by atoms with Gasteiger partial charge in [-0.2, -0.15) is 0 Å². The van der Waals surface area contributed by atoms with Crippen molar-refractivity contribution in [3.8, 4) is 0 Å². The van der Waals surface area contributed by atoms with Crippen LogP contribution < -0.4 is 16.4 Å². The van der Waals surface area contributed by atoms with Crippen LogP contribution in [0.15, 0.2) is 24.3 Å². The molecule has 0 aliphatic heterocycles. The highest BCUT2D eigenvalue weighted by Crippen LogP contribution is 2.12. The average molecular weight is 192 g/mol. The van der Waals surface area contributed by atoms with Crippen LogP contribution in [0.4, 0.5) is 10.5 Å². The summed E-state index contributed by atoms with van der Waals surface area (Å²) in [5.41, 5.74) is 6.61. The summed E-state index contributed by atoms with van der Waals surface area (Å²) in [5, 5.41) is 12.2. The first kappa shape index (κ1) is 10.0. The number of benzene rings is 1. The second kappa shape index (κ2) is 4.27. The molecule has 5 N–H and O–H groups in total. The van der Waals surface area contributed by atoms with Gasteiger partial charge in [0.05, 0.1) is 0 Å². The Labute approximate surface area is 81.8 Å². The molecule has 0 bridgehead atoms. The third-order valence-corrected chi connectivity index (χ3v) is 1.65. The molecule has 0 atom stereocenters. The van der Waals surface area contributed by atoms with E-state index in [0.29, 0.717) is 0 Å². The summed E-state index contributed by atoms with van der Waals surface area (Å²) in [7, 11) is 0. The second-order valence-corrected chi connectivity index (χ2v) is 2.80. The quantitative estimate of drug-likeness (QED) is 0.395. The molecule has 0 spiro atoms. The van der Waals surface area contributed by atoms with E-state index in [1.54, 1.807) is 0 Å². The molecular weight excluding hydrogens is 180 g/mol. The minimum atomic E-state index is -0.754. The van der Waals surface area contributed by atoms with E-state index in [2.05, 4.69) is 10.6 Å². The van der Waals surface area contributed by atoms with Gasteiger partial charge in [-0.3, -0.25) is 10.7 Å². The summed E-state index contributed by atoms with van der Waals surface area (Å²) in [5.74, 6) is -0.133. The predicted octanol–water partition coefficient (Wildman–Crippen LogP) is 1.01. The summed E-state index contributed by atoms with van der Waals surface area (Å²) >= 11 is 0. The molecule has 5 heteroatoms. The zero-order valence-electron chi connectivity index (χ0n) is 7.79. The maximum Gasteiger partial charge on any atom is 0.318 e. The number of nitrogens with two attached hydrogens (primary N) is 1. The second-order valence-electron chi connectivity index (χ2n) is 2.80. The number of primary amides is 1. The SMILES string of the molecule is Cc1ccccc1NC(=N)NC(N)=O. The zero-order valence-corrected chi connectivity index (χ0v) is 7.79. The number of anilines is 1. The molecule has 1 rings (SSSR count). The summed E-state index contributed by atoms with van der Waals surface area (Å²) in [6.45, 7) is 1.90. The Morgan fingerprint density at radius 3 is 2.64 bits per heavy atom. The molecule has 14 heavy (non-hydrogen) atoms. The van der Waals surface area contributed by atoms with Gasteiger partial charge < -0.3 is 11.1 Å². The van der Waals surface area contributed by atoms with E-state index in [1.807, 2.05) is 31.2 Å². The number of para-hydroxylation sites is 1. The maximum absolute atomic E-state index is 10.4. The van der Waals surface area contributed by atoms with E-state index < -0.39 is 6.03 Å². The van der Waals surface area contributed by atoms with Crippen molar-refractivity contribution in [2.45, 2.75) is 6.92 Å². The summed E-state index contributed by atoms with van der Waals surface area (Å²) in [6.07, 6.45) is 0. The third kappa shape index (κ3) is 2.78. The first-order chi connectivity index (χ1) is 6.59. The highest BCUT2D eigenvalue weighted by Gasteiger charge is 2.01. The van der Waals surface area contributed by atoms with Crippen molar-refractivity contribution in [2.24, 2.45) is 5.73 Å². The molecule has 0 saturated carbocycles. The Balaban J connectivity index is 2.65. The largest absolute Gasteiger partial charge is 0.351 e. The maximum atomic E-state index is 10.4. The molecule has 0 radical (unpaired) electrons. The van der Waals surface area contributed by atoms with Gasteiger partial charge in [-0.25, -0.2) is 4.79 Å². The minimum absolute atomic E-state index is 0.133. The minimum Gasteiger partial charge on any atom is -0.351 e. The molecule has 0 unspecified atom stereocenters. The number of urea groups is 1. The lowest BCUT2D eigenvalue weighted by Crippen LogP contribution is -2.38. The van der Waals surface area contributed by atoms with E-state index in [9.17, 15) is 4.79 Å². The van der Waals surface area contributed by atoms with Gasteiger partial charge in [0.1, 0.15) is 0 Å². The van der Waals surface area contributed by atoms with Crippen molar-refractivity contribution < 1.29 is 4.79 Å². The van der Waals surface area contributed by atoms with Gasteiger partial charge >= 0.3 is 6.03 Å². The lowest BCUT2D eigenvalue weighted by atomic mass is 10.2. The van der Waals surface area contributed by atoms with Gasteiger partial charge in [0.2, 0.25) is 5.96 Å². The molecule has 0 fully saturated rings. The Morgan fingerprint density at radius 2 is 2.07 bits per heavy atom. The fraction of sp³-hybridized carbons (Fsp3) is 0.111. The van der Waals surface area contributed by atoms with Gasteiger partial charge in [-0.15, -0.1) is 0 Å². The van der Waals surface area contributed by atoms with Crippen molar-refractivity contribution in [2.75, 3.05) is 5.32 Å². The predicted molar refractivity (Wildman–Crippen MR) is 55.2 cm³/mol. The smallest absolute Gasteiger partial charge is 0.318 e. The molecule has 5 nitrogen and oxygen atoms in total. The molecule has 0 aliphatic carbocycles. The van der Waals surface area contributed by atoms with Crippen molar-refractivity contribution >= 4 is 17.7 Å². The summed E-state index contributed by atoms with van der Waals surface area (Å²) in [4.78, 5) is 10.4. The average Bonchev–Trinajstić information content (AvgIpc) is 2.07. The normalized spacial score (nSPS) is 9.21. The van der Waals surface area contributed by atoms with Crippen LogP contribution in [-0.4, -0.2) is 12.0 Å². The molecule has 74 valence electrons. The van der Waals surface area contributed by atoms with Crippen LogP contribution in [-0.2, 0) is 0 Å². The highest BCUT2D eigenvalue weighted by atomic mass is 16.2. The van der Waals surface area contributed by atoms with Crippen LogP contribution in [0, 0.1) is 12.3 Å². The number of aryl methyl sites for hydroxylation is 1. The summed E-state index contributed by atoms with van der Waals surface area (Å²) in [6, 6.07) is 6.70. The van der Waals surface area contributed by atoms with Gasteiger partial charge in [-0.1, -0.05) is 18.2 Å². The Kier molecular flexibility index (Phi) is 3.06. The monoisotopic (exact) mass is 192 g/mol. The van der Waals surface area contributed by atoms with Crippen LogP contribution in [0.1, 0.15) is 5.56 Å². The van der Waals surface area contributed by atoms with Gasteiger partial charge in [-0.05, 0) is 18.6 Å². The van der Waals surface area contributed by atoms with Crippen LogP contribution >= 0.6 is 0 Å². The Morgan fingerprint density at radius 1 is 1.43 bits per heavy atom. The number of hydrogen-bond donors (Lipinski definition) is 4. The standard InChI is InChI=1S/C9H12N4O/c1-6-4-2-3-5-7(6)12-8(10)13-9(11)14/h2-5H,1H3,(H5,10,11,12,13,14). The van der Waals surface area contributed by atoms with E-state index in [-0.39, 0.29) is 5.96 Å². The molecule has 0 aliphatic rings. The number of rotatable bonds is 1. The Bertz CT molecular complexity index is 362. The molecular formula is C9H12N4O. The number of amides is 2. The van der Waals surface area contributed by atoms with Crippen molar-refractivity contribution in [1.29, 1.82) is 5.41 Å². The van der Waals surface area contributed by atoms with Gasteiger partial charge in [0.15, 0.2) is 0 Å². The van der Waals surface area contributed by atoms with E-state index in [4.69, 9.17) is 11.1 Å². The first-order valence-electron chi connectivity index (χ1n) is 4.07. The van der Waals surface area contributed by atoms with E-state index in [1.165, 1.54) is 0 Å². The number of carbonyl (C=O) groups is 1. The molecule has 0 aromatic heterocycles. The number of guanidine groups is 1. The van der Waals surface area contributed by atoms with Crippen LogP contribution in [0.25, 0.3) is 0 Å². The van der Waals surface area contributed by atoms with Crippen molar-refractivity contribution in [3.05, 3.63) is 29.8 Å². The van der Waals surface area contributed by atoms with Gasteiger partial charge in [0.25, 0.3) is 0 Å². The van der Waals surface area contributed by atoms with E-state index >= 15 is 0 Å². The van der Waals surface area contributed by atoms with Crippen LogP contribution in [0.3, 0.4) is 0 Å². The molecule has 0 heterocycles. The molecule has 0 saturated heterocycles. The zero-order chi connectivity index (χ0) is 10.6. The van der Waals surface area contributed by atoms with Gasteiger partial charge in [0, 0.05) is 5.69 Å². The van der Waals surface area contributed by atoms with Crippen LogP contribution in [0.2, 0.25) is 0 Å². The molecule has 2 amide bonds. The van der Waals surface area contributed by atoms with Crippen molar-refractivity contribution in [1.82, 2.24) is 5.32 Å². The van der Waals surface area contributed by atoms with E-state index in [0.717, 1.165) is 11.3 Å². The molecule has 1 aromatic rings. The Hall–Kier alpha value is -2.04. The fourth-order valence-electron chi connectivity index (χ4n) is 1.00. The topological polar surface area (TPSA) is 91.0 Å². The number of nitrogens with one attached hydrogen (secondary N) is 3. The van der Waals surface area contributed by atoms with Crippen LogP contribution in [0.5, 0.6) is 0 Å². The summed E-state index contributed by atoms with van der Waals surface area (Å²) < 4.78 is 0. The third-order valence-electron chi connectivity index (χ3n) is 1.65. The highest BCUT2D eigenvalue weighted by molar-refractivity contribution is 6.01. The molecule has 1 aromatic carbocycles. The van der Waals surface area contributed by atoms with Crippen molar-refractivity contribution in [3.63, 3.8) is 0 Å². The lowest BCUT2D eigenvalue weighted by molar-refractivity contribution is 0.253.